The standard InChI is InChI=1S/C11H12F3N5O2S/c1-21-4-7-5-22-10(15-7)17-9(20)16-8-2-3-19(18-8)6-11(12,13)14/h2-3,5H,4,6H2,1H3,(H2,15,16,17,18,20). The van der Waals surface area contributed by atoms with E-state index in [0.717, 1.165) is 6.20 Å². The van der Waals surface area contributed by atoms with Gasteiger partial charge in [-0.15, -0.1) is 11.3 Å². The molecule has 0 aliphatic carbocycles. The Morgan fingerprint density at radius 2 is 2.23 bits per heavy atom. The van der Waals surface area contributed by atoms with Gasteiger partial charge in [-0.05, 0) is 0 Å². The monoisotopic (exact) mass is 335 g/mol. The Kier molecular flexibility index (Phi) is 4.98. The molecule has 11 heteroatoms. The van der Waals surface area contributed by atoms with Gasteiger partial charge < -0.3 is 4.74 Å². The molecule has 2 heterocycles. The van der Waals surface area contributed by atoms with Gasteiger partial charge in [0.05, 0.1) is 12.3 Å². The number of nitrogens with zero attached hydrogens (tertiary/aromatic N) is 3. The van der Waals surface area contributed by atoms with Crippen molar-refractivity contribution < 1.29 is 22.7 Å². The predicted octanol–water partition coefficient (Wildman–Crippen LogP) is 2.69. The van der Waals surface area contributed by atoms with Crippen molar-refractivity contribution in [2.45, 2.75) is 19.3 Å². The van der Waals surface area contributed by atoms with Gasteiger partial charge in [0, 0.05) is 24.8 Å². The third-order valence-electron chi connectivity index (χ3n) is 2.29. The highest BCUT2D eigenvalue weighted by Gasteiger charge is 2.28. The Labute approximate surface area is 127 Å². The summed E-state index contributed by atoms with van der Waals surface area (Å²) >= 11 is 1.20. The van der Waals surface area contributed by atoms with Crippen LogP contribution < -0.4 is 10.6 Å². The van der Waals surface area contributed by atoms with E-state index < -0.39 is 18.8 Å². The first-order valence-electron chi connectivity index (χ1n) is 5.97. The minimum absolute atomic E-state index is 0.00965. The van der Waals surface area contributed by atoms with Crippen LogP contribution in [0.4, 0.5) is 28.9 Å². The van der Waals surface area contributed by atoms with Crippen molar-refractivity contribution >= 4 is 28.3 Å². The highest BCUT2D eigenvalue weighted by Crippen LogP contribution is 2.18. The van der Waals surface area contributed by atoms with Crippen LogP contribution in [0.3, 0.4) is 0 Å². The van der Waals surface area contributed by atoms with Gasteiger partial charge in [0.15, 0.2) is 10.9 Å². The zero-order valence-corrected chi connectivity index (χ0v) is 12.2. The van der Waals surface area contributed by atoms with Gasteiger partial charge in [0.1, 0.15) is 6.54 Å². The lowest BCUT2D eigenvalue weighted by atomic mass is 10.5. The number of amides is 2. The van der Waals surface area contributed by atoms with Gasteiger partial charge in [0.25, 0.3) is 0 Å². The number of carbonyl (C=O) groups is 1. The fourth-order valence-corrected chi connectivity index (χ4v) is 2.21. The molecule has 0 atom stereocenters. The summed E-state index contributed by atoms with van der Waals surface area (Å²) in [6.07, 6.45) is -3.24. The molecule has 120 valence electrons. The number of hydrogen-bond donors (Lipinski definition) is 2. The van der Waals surface area contributed by atoms with E-state index in [4.69, 9.17) is 4.74 Å². The molecule has 0 saturated heterocycles. The predicted molar refractivity (Wildman–Crippen MR) is 73.8 cm³/mol. The van der Waals surface area contributed by atoms with E-state index in [1.807, 2.05) is 0 Å². The molecule has 2 amide bonds. The number of alkyl halides is 3. The summed E-state index contributed by atoms with van der Waals surface area (Å²) in [5.74, 6) is 0.00965. The van der Waals surface area contributed by atoms with Crippen LogP contribution >= 0.6 is 11.3 Å². The molecule has 0 bridgehead atoms. The Hall–Kier alpha value is -2.14. The third kappa shape index (κ3) is 5.00. The van der Waals surface area contributed by atoms with Gasteiger partial charge in [-0.25, -0.2) is 9.78 Å². The second-order valence-electron chi connectivity index (χ2n) is 4.17. The number of rotatable bonds is 5. The molecule has 2 rings (SSSR count). The van der Waals surface area contributed by atoms with Crippen LogP contribution in [-0.4, -0.2) is 34.1 Å². The number of anilines is 2. The summed E-state index contributed by atoms with van der Waals surface area (Å²) in [5, 5.41) is 10.4. The molecule has 0 unspecified atom stereocenters. The summed E-state index contributed by atoms with van der Waals surface area (Å²) in [5.41, 5.74) is 0.664. The van der Waals surface area contributed by atoms with E-state index in [1.165, 1.54) is 24.5 Å². The molecule has 0 fully saturated rings. The minimum atomic E-state index is -4.37. The zero-order valence-electron chi connectivity index (χ0n) is 11.3. The number of thiazole rings is 1. The largest absolute Gasteiger partial charge is 0.408 e. The van der Waals surface area contributed by atoms with Crippen LogP contribution in [0.2, 0.25) is 0 Å². The van der Waals surface area contributed by atoms with Crippen LogP contribution in [0.1, 0.15) is 5.69 Å². The van der Waals surface area contributed by atoms with Gasteiger partial charge in [0.2, 0.25) is 0 Å². The van der Waals surface area contributed by atoms with Crippen LogP contribution in [0, 0.1) is 0 Å². The lowest BCUT2D eigenvalue weighted by molar-refractivity contribution is -0.142. The number of carbonyl (C=O) groups excluding carboxylic acids is 1. The van der Waals surface area contributed by atoms with Crippen molar-refractivity contribution in [1.82, 2.24) is 14.8 Å². The molecule has 22 heavy (non-hydrogen) atoms. The molecular weight excluding hydrogens is 323 g/mol. The maximum atomic E-state index is 12.2. The van der Waals surface area contributed by atoms with Crippen LogP contribution in [0.25, 0.3) is 0 Å². The molecule has 2 aromatic rings. The molecule has 7 nitrogen and oxygen atoms in total. The highest BCUT2D eigenvalue weighted by atomic mass is 32.1. The molecule has 0 spiro atoms. The smallest absolute Gasteiger partial charge is 0.378 e. The fraction of sp³-hybridized carbons (Fsp3) is 0.364. The first-order valence-corrected chi connectivity index (χ1v) is 6.85. The van der Waals surface area contributed by atoms with Gasteiger partial charge in [-0.2, -0.15) is 18.3 Å². The van der Waals surface area contributed by atoms with E-state index in [9.17, 15) is 18.0 Å². The summed E-state index contributed by atoms with van der Waals surface area (Å²) < 4.78 is 42.2. The van der Waals surface area contributed by atoms with Crippen LogP contribution in [0.15, 0.2) is 17.6 Å². The number of aromatic nitrogens is 3. The molecule has 0 aromatic carbocycles. The summed E-state index contributed by atoms with van der Waals surface area (Å²) in [6.45, 7) is -0.898. The highest BCUT2D eigenvalue weighted by molar-refractivity contribution is 7.13. The minimum Gasteiger partial charge on any atom is -0.378 e. The number of hydrogen-bond acceptors (Lipinski definition) is 5. The molecule has 2 aromatic heterocycles. The second kappa shape index (κ2) is 6.75. The number of halogens is 3. The van der Waals surface area contributed by atoms with E-state index in [0.29, 0.717) is 22.1 Å². The summed E-state index contributed by atoms with van der Waals surface area (Å²) in [6, 6.07) is 0.624. The maximum absolute atomic E-state index is 12.2. The van der Waals surface area contributed by atoms with E-state index in [2.05, 4.69) is 20.7 Å². The Morgan fingerprint density at radius 1 is 1.45 bits per heavy atom. The van der Waals surface area contributed by atoms with Crippen molar-refractivity contribution in [3.05, 3.63) is 23.3 Å². The molecule has 0 aliphatic rings. The Bertz CT molecular complexity index is 640. The third-order valence-corrected chi connectivity index (χ3v) is 3.09. The summed E-state index contributed by atoms with van der Waals surface area (Å²) in [7, 11) is 1.52. The quantitative estimate of drug-likeness (QED) is 0.880. The van der Waals surface area contributed by atoms with Crippen LogP contribution in [-0.2, 0) is 17.9 Å². The molecule has 0 radical (unpaired) electrons. The number of nitrogens with one attached hydrogen (secondary N) is 2. The van der Waals surface area contributed by atoms with Gasteiger partial charge in [-0.3, -0.25) is 15.3 Å². The number of ether oxygens (including phenoxy) is 1. The van der Waals surface area contributed by atoms with Crippen LogP contribution in [0.5, 0.6) is 0 Å². The zero-order chi connectivity index (χ0) is 16.2. The van der Waals surface area contributed by atoms with E-state index in [1.54, 1.807) is 5.38 Å². The van der Waals surface area contributed by atoms with Crippen molar-refractivity contribution in [1.29, 1.82) is 0 Å². The average molecular weight is 335 g/mol. The summed E-state index contributed by atoms with van der Waals surface area (Å²) in [4.78, 5) is 15.8. The van der Waals surface area contributed by atoms with Crippen molar-refractivity contribution in [3.63, 3.8) is 0 Å². The van der Waals surface area contributed by atoms with Gasteiger partial charge >= 0.3 is 12.2 Å². The first kappa shape index (κ1) is 16.2. The molecule has 2 N–H and O–H groups in total. The first-order chi connectivity index (χ1) is 10.4. The molecule has 0 saturated carbocycles. The molecule has 0 aliphatic heterocycles. The molecular formula is C11H12F3N5O2S. The van der Waals surface area contributed by atoms with Crippen molar-refractivity contribution in [3.8, 4) is 0 Å². The normalized spacial score (nSPS) is 11.5. The fourth-order valence-electron chi connectivity index (χ4n) is 1.52. The topological polar surface area (TPSA) is 81.1 Å². The lowest BCUT2D eigenvalue weighted by Gasteiger charge is -2.05. The maximum Gasteiger partial charge on any atom is 0.408 e. The number of urea groups is 1. The van der Waals surface area contributed by atoms with E-state index in [-0.39, 0.29) is 5.82 Å². The second-order valence-corrected chi connectivity index (χ2v) is 5.03. The SMILES string of the molecule is COCc1csc(NC(=O)Nc2ccn(CC(F)(F)F)n2)n1. The van der Waals surface area contributed by atoms with Gasteiger partial charge in [-0.1, -0.05) is 0 Å². The Morgan fingerprint density at radius 3 is 2.91 bits per heavy atom. The Balaban J connectivity index is 1.88. The lowest BCUT2D eigenvalue weighted by Crippen LogP contribution is -2.21. The van der Waals surface area contributed by atoms with Crippen molar-refractivity contribution in [2.75, 3.05) is 17.7 Å². The number of methoxy groups -OCH3 is 1. The van der Waals surface area contributed by atoms with Crippen molar-refractivity contribution in [2.24, 2.45) is 0 Å². The van der Waals surface area contributed by atoms with E-state index >= 15 is 0 Å². The average Bonchev–Trinajstić information content (AvgIpc) is 2.98.